The van der Waals surface area contributed by atoms with Crippen molar-refractivity contribution in [2.45, 2.75) is 26.8 Å². The number of benzene rings is 1. The molecule has 1 amide bonds. The average molecular weight is 340 g/mol. The van der Waals surface area contributed by atoms with Crippen LogP contribution in [0.25, 0.3) is 11.2 Å². The summed E-state index contributed by atoms with van der Waals surface area (Å²) in [5, 5.41) is 2.86. The second kappa shape index (κ2) is 7.42. The number of nitrogens with zero attached hydrogens (tertiary/aromatic N) is 3. The van der Waals surface area contributed by atoms with Crippen LogP contribution in [0.15, 0.2) is 42.6 Å². The molecule has 0 spiro atoms. The van der Waals surface area contributed by atoms with E-state index in [-0.39, 0.29) is 11.7 Å². The predicted molar refractivity (Wildman–Crippen MR) is 94.8 cm³/mol. The summed E-state index contributed by atoms with van der Waals surface area (Å²) in [5.74, 6) is 0.796. The maximum absolute atomic E-state index is 12.9. The van der Waals surface area contributed by atoms with Crippen molar-refractivity contribution < 1.29 is 9.18 Å². The lowest BCUT2D eigenvalue weighted by Gasteiger charge is -2.11. The Morgan fingerprint density at radius 1 is 1.24 bits per heavy atom. The molecule has 0 fully saturated rings. The first-order valence-electron chi connectivity index (χ1n) is 8.38. The number of carbonyl (C=O) groups is 1. The van der Waals surface area contributed by atoms with Gasteiger partial charge in [0, 0.05) is 31.3 Å². The highest BCUT2D eigenvalue weighted by Crippen LogP contribution is 2.16. The highest BCUT2D eigenvalue weighted by Gasteiger charge is 2.13. The van der Waals surface area contributed by atoms with E-state index in [1.54, 1.807) is 6.20 Å². The fourth-order valence-electron chi connectivity index (χ4n) is 2.74. The van der Waals surface area contributed by atoms with Gasteiger partial charge in [0.1, 0.15) is 17.2 Å². The number of pyridine rings is 1. The SMILES string of the molecule is CC(C)Cn1c(CCNC(=O)c2ccc(F)cc2)nc2cccnc21. The van der Waals surface area contributed by atoms with Crippen LogP contribution in [0, 0.1) is 11.7 Å². The van der Waals surface area contributed by atoms with E-state index in [2.05, 4.69) is 33.7 Å². The zero-order chi connectivity index (χ0) is 17.8. The quantitative estimate of drug-likeness (QED) is 0.750. The molecule has 130 valence electrons. The average Bonchev–Trinajstić information content (AvgIpc) is 2.93. The minimum atomic E-state index is -0.355. The Labute approximate surface area is 145 Å². The summed E-state index contributed by atoms with van der Waals surface area (Å²) < 4.78 is 15.0. The third-order valence-electron chi connectivity index (χ3n) is 3.87. The Morgan fingerprint density at radius 3 is 2.72 bits per heavy atom. The Kier molecular flexibility index (Phi) is 5.07. The molecule has 0 aliphatic carbocycles. The third kappa shape index (κ3) is 4.02. The molecule has 0 saturated carbocycles. The van der Waals surface area contributed by atoms with E-state index < -0.39 is 0 Å². The number of halogens is 1. The van der Waals surface area contributed by atoms with Crippen LogP contribution in [-0.4, -0.2) is 27.0 Å². The maximum Gasteiger partial charge on any atom is 0.251 e. The summed E-state index contributed by atoms with van der Waals surface area (Å²) >= 11 is 0. The monoisotopic (exact) mass is 340 g/mol. The van der Waals surface area contributed by atoms with Crippen molar-refractivity contribution in [2.75, 3.05) is 6.54 Å². The van der Waals surface area contributed by atoms with Crippen molar-refractivity contribution in [1.82, 2.24) is 19.9 Å². The van der Waals surface area contributed by atoms with Gasteiger partial charge in [-0.2, -0.15) is 0 Å². The zero-order valence-corrected chi connectivity index (χ0v) is 14.4. The minimum absolute atomic E-state index is 0.218. The number of rotatable bonds is 6. The number of hydrogen-bond acceptors (Lipinski definition) is 3. The van der Waals surface area contributed by atoms with E-state index in [0.717, 1.165) is 23.5 Å². The van der Waals surface area contributed by atoms with Crippen LogP contribution in [0.5, 0.6) is 0 Å². The van der Waals surface area contributed by atoms with Gasteiger partial charge in [0.25, 0.3) is 5.91 Å². The van der Waals surface area contributed by atoms with E-state index in [1.165, 1.54) is 24.3 Å². The van der Waals surface area contributed by atoms with Gasteiger partial charge in [-0.3, -0.25) is 4.79 Å². The van der Waals surface area contributed by atoms with Gasteiger partial charge in [0.15, 0.2) is 5.65 Å². The molecule has 0 aliphatic rings. The summed E-state index contributed by atoms with van der Waals surface area (Å²) in [6.07, 6.45) is 2.37. The van der Waals surface area contributed by atoms with Crippen LogP contribution in [0.2, 0.25) is 0 Å². The van der Waals surface area contributed by atoms with Crippen molar-refractivity contribution in [3.05, 3.63) is 59.8 Å². The van der Waals surface area contributed by atoms with E-state index in [9.17, 15) is 9.18 Å². The highest BCUT2D eigenvalue weighted by molar-refractivity contribution is 5.94. The largest absolute Gasteiger partial charge is 0.352 e. The first-order chi connectivity index (χ1) is 12.0. The Bertz CT molecular complexity index is 871. The van der Waals surface area contributed by atoms with Gasteiger partial charge in [0.05, 0.1) is 0 Å². The van der Waals surface area contributed by atoms with Gasteiger partial charge in [-0.25, -0.2) is 14.4 Å². The van der Waals surface area contributed by atoms with Crippen LogP contribution >= 0.6 is 0 Å². The van der Waals surface area contributed by atoms with E-state index in [0.29, 0.717) is 24.4 Å². The number of amides is 1. The summed E-state index contributed by atoms with van der Waals surface area (Å²) in [5.41, 5.74) is 2.18. The lowest BCUT2D eigenvalue weighted by atomic mass is 10.2. The molecule has 0 saturated heterocycles. The van der Waals surface area contributed by atoms with Gasteiger partial charge >= 0.3 is 0 Å². The molecular weight excluding hydrogens is 319 g/mol. The van der Waals surface area contributed by atoms with E-state index in [4.69, 9.17) is 0 Å². The van der Waals surface area contributed by atoms with Crippen LogP contribution in [0.4, 0.5) is 4.39 Å². The van der Waals surface area contributed by atoms with Crippen LogP contribution in [0.1, 0.15) is 30.0 Å². The molecule has 3 aromatic rings. The molecule has 0 aliphatic heterocycles. The molecule has 2 aromatic heterocycles. The Balaban J connectivity index is 1.70. The Morgan fingerprint density at radius 2 is 2.00 bits per heavy atom. The number of fused-ring (bicyclic) bond motifs is 1. The normalized spacial score (nSPS) is 11.2. The van der Waals surface area contributed by atoms with E-state index in [1.807, 2.05) is 12.1 Å². The lowest BCUT2D eigenvalue weighted by molar-refractivity contribution is 0.0954. The van der Waals surface area contributed by atoms with Crippen LogP contribution < -0.4 is 5.32 Å². The second-order valence-corrected chi connectivity index (χ2v) is 6.39. The van der Waals surface area contributed by atoms with E-state index >= 15 is 0 Å². The molecule has 1 aromatic carbocycles. The topological polar surface area (TPSA) is 59.8 Å². The second-order valence-electron chi connectivity index (χ2n) is 6.39. The van der Waals surface area contributed by atoms with Crippen LogP contribution in [0.3, 0.4) is 0 Å². The predicted octanol–water partition coefficient (Wildman–Crippen LogP) is 3.20. The van der Waals surface area contributed by atoms with Crippen molar-refractivity contribution in [1.29, 1.82) is 0 Å². The minimum Gasteiger partial charge on any atom is -0.352 e. The van der Waals surface area contributed by atoms with Gasteiger partial charge in [0.2, 0.25) is 0 Å². The molecule has 1 N–H and O–H groups in total. The first kappa shape index (κ1) is 17.1. The number of carbonyl (C=O) groups excluding carboxylic acids is 1. The molecule has 0 radical (unpaired) electrons. The number of imidazole rings is 1. The third-order valence-corrected chi connectivity index (χ3v) is 3.87. The number of nitrogens with one attached hydrogen (secondary N) is 1. The summed E-state index contributed by atoms with van der Waals surface area (Å²) in [4.78, 5) is 21.2. The molecule has 5 nitrogen and oxygen atoms in total. The van der Waals surface area contributed by atoms with Crippen LogP contribution in [-0.2, 0) is 13.0 Å². The summed E-state index contributed by atoms with van der Waals surface area (Å²) in [6.45, 7) is 5.58. The van der Waals surface area contributed by atoms with Gasteiger partial charge < -0.3 is 9.88 Å². The van der Waals surface area contributed by atoms with Gasteiger partial charge in [-0.05, 0) is 42.3 Å². The smallest absolute Gasteiger partial charge is 0.251 e. The van der Waals surface area contributed by atoms with Crippen molar-refractivity contribution in [2.24, 2.45) is 5.92 Å². The number of hydrogen-bond donors (Lipinski definition) is 1. The fourth-order valence-corrected chi connectivity index (χ4v) is 2.74. The molecule has 6 heteroatoms. The maximum atomic E-state index is 12.9. The molecular formula is C19H21FN4O. The van der Waals surface area contributed by atoms with Gasteiger partial charge in [-0.1, -0.05) is 13.8 Å². The molecule has 3 rings (SSSR count). The molecule has 0 unspecified atom stereocenters. The van der Waals surface area contributed by atoms with Gasteiger partial charge in [-0.15, -0.1) is 0 Å². The molecule has 0 bridgehead atoms. The molecule has 0 atom stereocenters. The molecule has 25 heavy (non-hydrogen) atoms. The lowest BCUT2D eigenvalue weighted by Crippen LogP contribution is -2.26. The van der Waals surface area contributed by atoms with Crippen molar-refractivity contribution in [3.63, 3.8) is 0 Å². The zero-order valence-electron chi connectivity index (χ0n) is 14.4. The van der Waals surface area contributed by atoms with Crippen molar-refractivity contribution in [3.8, 4) is 0 Å². The van der Waals surface area contributed by atoms with Crippen molar-refractivity contribution >= 4 is 17.1 Å². The summed E-state index contributed by atoms with van der Waals surface area (Å²) in [7, 11) is 0. The first-order valence-corrected chi connectivity index (χ1v) is 8.38. The molecule has 2 heterocycles. The standard InChI is InChI=1S/C19H21FN4O/c1-13(2)12-24-17(23-16-4-3-10-21-18(16)24)9-11-22-19(25)14-5-7-15(20)8-6-14/h3-8,10,13H,9,11-12H2,1-2H3,(H,22,25). The number of aromatic nitrogens is 3. The summed E-state index contributed by atoms with van der Waals surface area (Å²) in [6, 6.07) is 9.32. The Hall–Kier alpha value is -2.76. The highest BCUT2D eigenvalue weighted by atomic mass is 19.1. The fraction of sp³-hybridized carbons (Fsp3) is 0.316.